The van der Waals surface area contributed by atoms with Gasteiger partial charge in [-0.15, -0.1) is 0 Å². The molecule has 534 valence electrons. The smallest absolute Gasteiger partial charge is 0.394 e. The molecule has 99 heavy (non-hydrogen) atoms. The van der Waals surface area contributed by atoms with E-state index < -0.39 is 193 Å². The van der Waals surface area contributed by atoms with E-state index >= 15 is 0 Å². The van der Waals surface area contributed by atoms with Crippen LogP contribution in [0.3, 0.4) is 0 Å². The van der Waals surface area contributed by atoms with Crippen molar-refractivity contribution in [2.24, 2.45) is 0 Å². The minimum absolute atomic E-state index is 0.0486. The van der Waals surface area contributed by atoms with E-state index in [1.807, 2.05) is 0 Å². The number of anilines is 5. The first-order chi connectivity index (χ1) is 47.1. The average molecular weight is 1470 g/mol. The first-order valence-electron chi connectivity index (χ1n) is 29.5. The Balaban J connectivity index is 0.687. The molecule has 0 spiro atoms. The highest BCUT2D eigenvalue weighted by Crippen LogP contribution is 2.55. The summed E-state index contributed by atoms with van der Waals surface area (Å²) in [5.74, 6) is -0.554. The molecule has 8 aromatic rings. The molecule has 4 unspecified atom stereocenters. The van der Waals surface area contributed by atoms with Crippen LogP contribution in [0.5, 0.6) is 0 Å². The number of nitrogens with two attached hydrogens (primary N) is 5. The quantitative estimate of drug-likeness (QED) is 0.0262. The number of rotatable bonds is 26. The number of nitrogen functional groups attached to an aromatic ring is 5. The Morgan fingerprint density at radius 1 is 0.465 bits per heavy atom. The Hall–Kier alpha value is -7.63. The van der Waals surface area contributed by atoms with Crippen molar-refractivity contribution in [3.63, 3.8) is 0 Å². The molecule has 0 aliphatic carbocycles. The lowest BCUT2D eigenvalue weighted by atomic mass is 10.2. The second-order valence-corrected chi connectivity index (χ2v) is 28.4. The summed E-state index contributed by atoms with van der Waals surface area (Å²) in [6, 6.07) is 2.45. The van der Waals surface area contributed by atoms with E-state index in [2.05, 4.69) is 54.8 Å². The first-order valence-corrected chi connectivity index (χ1v) is 35.5. The molecular weight excluding hydrogens is 1410 g/mol. The SMILES string of the molecule is Nc1ccn([C@H]2C[C@H](OP(=O)(O)OC[C@H]3O[C@@H](n4cnc5c(=O)[nH]c(N)nc54)C[C@@H]3OP(=O)(O)OC[C@H]3O[C@@H](n4cnc5c(N)ncnc54)C[C@@H]3O)[C@@H](COP(=O)(O)O[C@H]3C[C@H](n4ccc(N)nc4=O)O[C@@H]3COP(=O)(O)O[C@H]3C[C@H](n4cnc5c(N)ncnc54)O[C@@H]3CO)O2)c(=O)n1. The molecule has 0 amide bonds. The summed E-state index contributed by atoms with van der Waals surface area (Å²) < 4.78 is 136. The Kier molecular flexibility index (Phi) is 19.6. The van der Waals surface area contributed by atoms with E-state index in [4.69, 9.17) is 88.5 Å². The second-order valence-electron chi connectivity index (χ2n) is 22.7. The van der Waals surface area contributed by atoms with Gasteiger partial charge in [0.15, 0.2) is 34.1 Å². The number of aliphatic hydroxyl groups excluding tert-OH is 2. The lowest BCUT2D eigenvalue weighted by Crippen LogP contribution is -2.32. The molecule has 0 bridgehead atoms. The van der Waals surface area contributed by atoms with Gasteiger partial charge in [-0.3, -0.25) is 68.8 Å². The number of aromatic amines is 1. The highest BCUT2D eigenvalue weighted by molar-refractivity contribution is 7.48. The van der Waals surface area contributed by atoms with Gasteiger partial charge in [0.1, 0.15) is 121 Å². The maximum atomic E-state index is 14.2. The third kappa shape index (κ3) is 15.2. The molecule has 0 radical (unpaired) electrons. The summed E-state index contributed by atoms with van der Waals surface area (Å²) in [6.45, 7) is -4.43. The number of hydrogen-bond acceptors (Lipinski definition) is 37. The predicted octanol–water partition coefficient (Wildman–Crippen LogP) is -1.98. The topological polar surface area (TPSA) is 660 Å². The van der Waals surface area contributed by atoms with Crippen LogP contribution in [0.2, 0.25) is 0 Å². The Morgan fingerprint density at radius 2 is 0.818 bits per heavy atom. The summed E-state index contributed by atoms with van der Waals surface area (Å²) in [5.41, 5.74) is 27.2. The number of H-pyrrole nitrogens is 1. The molecule has 5 aliphatic heterocycles. The summed E-state index contributed by atoms with van der Waals surface area (Å²) in [6.07, 6.45) is -13.8. The number of phosphoric ester groups is 4. The van der Waals surface area contributed by atoms with E-state index in [0.717, 1.165) is 21.7 Å². The molecule has 5 aliphatic rings. The number of ether oxygens (including phenoxy) is 5. The fourth-order valence-corrected chi connectivity index (χ4v) is 15.5. The van der Waals surface area contributed by atoms with Crippen LogP contribution in [0.15, 0.2) is 70.5 Å². The van der Waals surface area contributed by atoms with Gasteiger partial charge in [0.05, 0.1) is 58.1 Å². The van der Waals surface area contributed by atoms with Crippen LogP contribution in [0.25, 0.3) is 33.5 Å². The summed E-state index contributed by atoms with van der Waals surface area (Å²) >= 11 is 0. The van der Waals surface area contributed by atoms with Crippen molar-refractivity contribution < 1.29 is 108 Å². The molecule has 19 atom stereocenters. The fourth-order valence-electron chi connectivity index (χ4n) is 11.7. The number of nitrogens with zero attached hydrogens (tertiary/aromatic N) is 15. The minimum atomic E-state index is -5.50. The Morgan fingerprint density at radius 3 is 1.23 bits per heavy atom. The van der Waals surface area contributed by atoms with Gasteiger partial charge in [-0.2, -0.15) is 15.0 Å². The summed E-state index contributed by atoms with van der Waals surface area (Å²) in [7, 11) is -21.4. The van der Waals surface area contributed by atoms with Crippen LogP contribution >= 0.6 is 31.3 Å². The molecule has 5 fully saturated rings. The zero-order valence-electron chi connectivity index (χ0n) is 50.7. The van der Waals surface area contributed by atoms with Gasteiger partial charge in [-0.25, -0.2) is 62.7 Å². The monoisotopic (exact) mass is 1470 g/mol. The van der Waals surface area contributed by atoms with Gasteiger partial charge in [0.2, 0.25) is 5.95 Å². The van der Waals surface area contributed by atoms with Gasteiger partial charge in [0.25, 0.3) is 5.56 Å². The second kappa shape index (κ2) is 27.7. The van der Waals surface area contributed by atoms with Crippen molar-refractivity contribution >= 4 is 94.0 Å². The zero-order chi connectivity index (χ0) is 70.0. The van der Waals surface area contributed by atoms with E-state index in [0.29, 0.717) is 0 Å². The molecule has 47 nitrogen and oxygen atoms in total. The summed E-state index contributed by atoms with van der Waals surface area (Å²) in [4.78, 5) is 126. The highest BCUT2D eigenvalue weighted by Gasteiger charge is 2.50. The van der Waals surface area contributed by atoms with Gasteiger partial charge >= 0.3 is 42.7 Å². The average Bonchev–Trinajstić information content (AvgIpc) is 1.65. The number of aromatic nitrogens is 16. The molecule has 13 heterocycles. The largest absolute Gasteiger partial charge is 0.472 e. The van der Waals surface area contributed by atoms with Gasteiger partial charge in [0, 0.05) is 44.5 Å². The maximum Gasteiger partial charge on any atom is 0.472 e. The Bertz CT molecular complexity index is 4720. The maximum absolute atomic E-state index is 14.2. The minimum Gasteiger partial charge on any atom is -0.394 e. The number of imidazole rings is 3. The Labute approximate surface area is 551 Å². The third-order valence-corrected chi connectivity index (χ3v) is 20.3. The van der Waals surface area contributed by atoms with Crippen LogP contribution < -0.4 is 45.6 Å². The van der Waals surface area contributed by atoms with E-state index in [9.17, 15) is 62.4 Å². The molecule has 17 N–H and O–H groups in total. The molecule has 5 saturated heterocycles. The van der Waals surface area contributed by atoms with Gasteiger partial charge in [-0.05, 0) is 12.1 Å². The van der Waals surface area contributed by atoms with Crippen molar-refractivity contribution in [1.82, 2.24) is 77.7 Å². The number of aliphatic hydroxyl groups is 2. The van der Waals surface area contributed by atoms with Crippen molar-refractivity contribution in [2.45, 2.75) is 124 Å². The van der Waals surface area contributed by atoms with Crippen molar-refractivity contribution in [3.8, 4) is 0 Å². The highest BCUT2D eigenvalue weighted by atomic mass is 31.2. The number of fused-ring (bicyclic) bond motifs is 3. The lowest BCUT2D eigenvalue weighted by Gasteiger charge is -2.25. The molecule has 0 aromatic carbocycles. The standard InChI is InChI=1S/C48H61N21O26P4/c49-30-1-3-65(47(73)61-30)33-7-22(27(89-33)12-84-97(77,78)92-21-6-35(87-25(21)10-70)68-18-59-38-41(52)55-16-57-43(38)68)93-98(79,80)85-13-28-23(8-34(90-28)66-4-2-31(50)62-48(66)74)94-99(81,82)86-14-29-24(9-36(91-29)69-19-60-39-44(69)63-46(53)64-45(39)72)95-96(75,76)83-11-26-20(71)5-32(88-26)67-17-58-37-40(51)54-15-56-42(37)67/h1-4,15-29,32-36,70-71H,5-14H2,(H,75,76)(H,77,78)(H,79,80)(H,81,82)(H2,49,61,73)(H2,50,62,74)(H2,51,54,56)(H2,52,55,57)(H3,53,63,64,72)/t20-,21-,22-,23-,24-,25+,26+,27+,28+,29+,32+,33+,34+,35+,36+/m0/s1. The van der Waals surface area contributed by atoms with E-state index in [1.54, 1.807) is 0 Å². The molecule has 13 rings (SSSR count). The molecular formula is C48H61N21O26P4. The van der Waals surface area contributed by atoms with Crippen molar-refractivity contribution in [3.05, 3.63) is 87.5 Å². The van der Waals surface area contributed by atoms with Crippen LogP contribution in [0.1, 0.15) is 63.2 Å². The van der Waals surface area contributed by atoms with Crippen LogP contribution in [0, 0.1) is 0 Å². The fraction of sp³-hybridized carbons (Fsp3) is 0.521. The van der Waals surface area contributed by atoms with Crippen LogP contribution in [0.4, 0.5) is 29.2 Å². The number of phosphoric acid groups is 4. The first kappa shape index (κ1) is 69.8. The molecule has 51 heteroatoms. The number of nitrogens with one attached hydrogen (secondary N) is 1. The van der Waals surface area contributed by atoms with Crippen molar-refractivity contribution in [2.75, 3.05) is 61.7 Å². The van der Waals surface area contributed by atoms with Gasteiger partial charge in [-0.1, -0.05) is 0 Å². The normalized spacial score (nSPS) is 29.7. The lowest BCUT2D eigenvalue weighted by molar-refractivity contribution is -0.0643. The van der Waals surface area contributed by atoms with Gasteiger partial charge < -0.3 is 82.1 Å². The third-order valence-electron chi connectivity index (χ3n) is 16.3. The summed E-state index contributed by atoms with van der Waals surface area (Å²) in [5, 5.41) is 21.2. The predicted molar refractivity (Wildman–Crippen MR) is 326 cm³/mol. The zero-order valence-corrected chi connectivity index (χ0v) is 54.2. The van der Waals surface area contributed by atoms with Crippen molar-refractivity contribution in [1.29, 1.82) is 0 Å². The van der Waals surface area contributed by atoms with E-state index in [1.165, 1.54) is 57.3 Å². The van der Waals surface area contributed by atoms with E-state index in [-0.39, 0.29) is 75.6 Å². The number of hydrogen-bond donors (Lipinski definition) is 12. The van der Waals surface area contributed by atoms with Crippen LogP contribution in [-0.2, 0) is 78.1 Å². The molecule has 8 aromatic heterocycles. The molecule has 0 saturated carbocycles. The van der Waals surface area contributed by atoms with Crippen LogP contribution in [-0.4, -0.2) is 202 Å².